The molecular weight excluding hydrogens is 365 g/mol. The van der Waals surface area contributed by atoms with Gasteiger partial charge >= 0.3 is 0 Å². The second kappa shape index (κ2) is 9.24. The molecule has 0 spiro atoms. The lowest BCUT2D eigenvalue weighted by Crippen LogP contribution is -2.43. The van der Waals surface area contributed by atoms with Gasteiger partial charge in [-0.25, -0.2) is 9.37 Å². The fourth-order valence-electron chi connectivity index (χ4n) is 2.61. The fraction of sp³-hybridized carbons (Fsp3) is 0.412. The molecule has 2 N–H and O–H groups in total. The molecule has 1 aliphatic heterocycles. The molecule has 0 aliphatic carbocycles. The molecule has 5 nitrogen and oxygen atoms in total. The molecule has 1 aromatic carbocycles. The van der Waals surface area contributed by atoms with Gasteiger partial charge in [0.2, 0.25) is 5.91 Å². The molecular formula is C17H21ClFN3O2S. The Kier molecular flexibility index (Phi) is 7.31. The monoisotopic (exact) mass is 385 g/mol. The van der Waals surface area contributed by atoms with Gasteiger partial charge in [-0.2, -0.15) is 0 Å². The van der Waals surface area contributed by atoms with Gasteiger partial charge in [-0.1, -0.05) is 18.2 Å². The first-order valence-electron chi connectivity index (χ1n) is 7.92. The van der Waals surface area contributed by atoms with Gasteiger partial charge in [-0.05, 0) is 18.6 Å². The van der Waals surface area contributed by atoms with Crippen molar-refractivity contribution in [3.63, 3.8) is 0 Å². The van der Waals surface area contributed by atoms with Crippen LogP contribution in [0.3, 0.4) is 0 Å². The normalized spacial score (nSPS) is 17.0. The van der Waals surface area contributed by atoms with Crippen LogP contribution < -0.4 is 10.6 Å². The lowest BCUT2D eigenvalue weighted by atomic mass is 10.1. The molecule has 2 heterocycles. The second-order valence-electron chi connectivity index (χ2n) is 5.77. The highest BCUT2D eigenvalue weighted by Crippen LogP contribution is 2.26. The van der Waals surface area contributed by atoms with E-state index in [1.807, 2.05) is 13.0 Å². The number of nitrogens with one attached hydrogen (secondary N) is 2. The van der Waals surface area contributed by atoms with E-state index in [0.717, 1.165) is 17.1 Å². The minimum Gasteiger partial charge on any atom is -0.378 e. The highest BCUT2D eigenvalue weighted by molar-refractivity contribution is 7.15. The van der Waals surface area contributed by atoms with Crippen LogP contribution in [0, 0.1) is 12.7 Å². The van der Waals surface area contributed by atoms with E-state index >= 15 is 0 Å². The highest BCUT2D eigenvalue weighted by Gasteiger charge is 2.18. The molecule has 1 fully saturated rings. The summed E-state index contributed by atoms with van der Waals surface area (Å²) in [6.07, 6.45) is 0.825. The highest BCUT2D eigenvalue weighted by atomic mass is 35.5. The molecule has 1 unspecified atom stereocenters. The number of carbonyl (C=O) groups excluding carboxylic acids is 1. The summed E-state index contributed by atoms with van der Waals surface area (Å²) < 4.78 is 19.1. The molecule has 1 amide bonds. The number of hydrogen-bond acceptors (Lipinski definition) is 5. The van der Waals surface area contributed by atoms with Crippen molar-refractivity contribution in [3.05, 3.63) is 46.2 Å². The summed E-state index contributed by atoms with van der Waals surface area (Å²) in [4.78, 5) is 17.4. The maximum absolute atomic E-state index is 13.8. The number of aromatic nitrogens is 1. The number of aryl methyl sites for hydroxylation is 1. The molecule has 8 heteroatoms. The zero-order valence-corrected chi connectivity index (χ0v) is 15.5. The van der Waals surface area contributed by atoms with Crippen molar-refractivity contribution >= 4 is 34.8 Å². The lowest BCUT2D eigenvalue weighted by Gasteiger charge is -2.22. The number of carbonyl (C=O) groups is 1. The third-order valence-electron chi connectivity index (χ3n) is 3.88. The van der Waals surface area contributed by atoms with Crippen LogP contribution in [-0.4, -0.2) is 36.7 Å². The average molecular weight is 386 g/mol. The second-order valence-corrected chi connectivity index (χ2v) is 6.86. The number of anilines is 1. The van der Waals surface area contributed by atoms with Gasteiger partial charge in [0, 0.05) is 30.3 Å². The fourth-order valence-corrected chi connectivity index (χ4v) is 3.61. The number of morpholine rings is 1. The number of hydrogen-bond donors (Lipinski definition) is 2. The van der Waals surface area contributed by atoms with Crippen molar-refractivity contribution < 1.29 is 13.9 Å². The van der Waals surface area contributed by atoms with Crippen LogP contribution in [0.1, 0.15) is 22.6 Å². The van der Waals surface area contributed by atoms with Gasteiger partial charge in [0.1, 0.15) is 5.82 Å². The van der Waals surface area contributed by atoms with Crippen LogP contribution in [-0.2, 0) is 16.0 Å². The smallest absolute Gasteiger partial charge is 0.227 e. The van der Waals surface area contributed by atoms with Gasteiger partial charge in [0.25, 0.3) is 0 Å². The van der Waals surface area contributed by atoms with E-state index in [9.17, 15) is 9.18 Å². The largest absolute Gasteiger partial charge is 0.378 e. The summed E-state index contributed by atoms with van der Waals surface area (Å²) in [5, 5.41) is 6.63. The molecule has 136 valence electrons. The van der Waals surface area contributed by atoms with Crippen molar-refractivity contribution in [3.8, 4) is 0 Å². The third-order valence-corrected chi connectivity index (χ3v) is 4.95. The number of ether oxygens (including phenoxy) is 1. The number of halogens is 2. The Labute approximate surface area is 156 Å². The predicted octanol–water partition coefficient (Wildman–Crippen LogP) is 2.92. The Morgan fingerprint density at radius 3 is 3.00 bits per heavy atom. The zero-order valence-electron chi connectivity index (χ0n) is 13.9. The Balaban J connectivity index is 0.00000225. The van der Waals surface area contributed by atoms with Gasteiger partial charge < -0.3 is 15.4 Å². The SMILES string of the molecule is Cc1nc(NC(=O)CC2COCCN2)sc1Cc1ccccc1F.Cl. The molecule has 25 heavy (non-hydrogen) atoms. The summed E-state index contributed by atoms with van der Waals surface area (Å²) in [6.45, 7) is 3.87. The van der Waals surface area contributed by atoms with Gasteiger partial charge in [0.15, 0.2) is 5.13 Å². The Morgan fingerprint density at radius 2 is 2.28 bits per heavy atom. The van der Waals surface area contributed by atoms with Gasteiger partial charge in [0.05, 0.1) is 18.9 Å². The molecule has 0 radical (unpaired) electrons. The molecule has 0 bridgehead atoms. The Bertz CT molecular complexity index is 720. The van der Waals surface area contributed by atoms with Crippen molar-refractivity contribution in [2.45, 2.75) is 25.8 Å². The number of amides is 1. The number of nitrogens with zero attached hydrogens (tertiary/aromatic N) is 1. The quantitative estimate of drug-likeness (QED) is 0.830. The van der Waals surface area contributed by atoms with Crippen molar-refractivity contribution in [1.82, 2.24) is 10.3 Å². The maximum Gasteiger partial charge on any atom is 0.227 e. The Morgan fingerprint density at radius 1 is 1.48 bits per heavy atom. The average Bonchev–Trinajstić information content (AvgIpc) is 2.90. The maximum atomic E-state index is 13.8. The summed E-state index contributed by atoms with van der Waals surface area (Å²) in [5.74, 6) is -0.316. The first-order chi connectivity index (χ1) is 11.6. The molecule has 3 rings (SSSR count). The number of thiazole rings is 1. The molecule has 2 aromatic rings. The van der Waals surface area contributed by atoms with E-state index in [1.165, 1.54) is 17.4 Å². The summed E-state index contributed by atoms with van der Waals surface area (Å²) >= 11 is 1.39. The molecule has 1 aliphatic rings. The van der Waals surface area contributed by atoms with Crippen LogP contribution in [0.25, 0.3) is 0 Å². The van der Waals surface area contributed by atoms with Crippen LogP contribution in [0.2, 0.25) is 0 Å². The van der Waals surface area contributed by atoms with E-state index in [4.69, 9.17) is 4.74 Å². The van der Waals surface area contributed by atoms with Crippen LogP contribution in [0.15, 0.2) is 24.3 Å². The first kappa shape index (κ1) is 19.8. The number of rotatable bonds is 5. The predicted molar refractivity (Wildman–Crippen MR) is 99.2 cm³/mol. The number of benzene rings is 1. The van der Waals surface area contributed by atoms with E-state index in [1.54, 1.807) is 12.1 Å². The van der Waals surface area contributed by atoms with Crippen LogP contribution in [0.4, 0.5) is 9.52 Å². The molecule has 1 saturated heterocycles. The summed E-state index contributed by atoms with van der Waals surface area (Å²) in [7, 11) is 0. The van der Waals surface area contributed by atoms with Gasteiger partial charge in [-0.15, -0.1) is 23.7 Å². The van der Waals surface area contributed by atoms with E-state index in [0.29, 0.717) is 36.8 Å². The minimum absolute atomic E-state index is 0. The first-order valence-corrected chi connectivity index (χ1v) is 8.74. The Hall–Kier alpha value is -1.54. The lowest BCUT2D eigenvalue weighted by molar-refractivity contribution is -0.117. The van der Waals surface area contributed by atoms with E-state index in [-0.39, 0.29) is 30.2 Å². The molecule has 1 aromatic heterocycles. The van der Waals surface area contributed by atoms with Crippen molar-refractivity contribution in [2.75, 3.05) is 25.1 Å². The van der Waals surface area contributed by atoms with Crippen molar-refractivity contribution in [1.29, 1.82) is 0 Å². The minimum atomic E-state index is -0.223. The summed E-state index contributed by atoms with van der Waals surface area (Å²) in [5.41, 5.74) is 1.45. The topological polar surface area (TPSA) is 63.2 Å². The molecule has 0 saturated carbocycles. The van der Waals surface area contributed by atoms with Crippen LogP contribution >= 0.6 is 23.7 Å². The standard InChI is InChI=1S/C17H20FN3O2S.ClH/c1-11-15(8-12-4-2-3-5-14(12)18)24-17(20-11)21-16(22)9-13-10-23-7-6-19-13;/h2-5,13,19H,6-10H2,1H3,(H,20,21,22);1H. The summed E-state index contributed by atoms with van der Waals surface area (Å²) in [6, 6.07) is 6.75. The zero-order chi connectivity index (χ0) is 16.9. The molecule has 1 atom stereocenters. The van der Waals surface area contributed by atoms with Gasteiger partial charge in [-0.3, -0.25) is 4.79 Å². The van der Waals surface area contributed by atoms with E-state index < -0.39 is 0 Å². The third kappa shape index (κ3) is 5.47. The van der Waals surface area contributed by atoms with E-state index in [2.05, 4.69) is 15.6 Å². The van der Waals surface area contributed by atoms with Crippen LogP contribution in [0.5, 0.6) is 0 Å². The van der Waals surface area contributed by atoms with Crippen molar-refractivity contribution in [2.24, 2.45) is 0 Å².